The fraction of sp³-hybridized carbons (Fsp3) is 0.562. The summed E-state index contributed by atoms with van der Waals surface area (Å²) in [7, 11) is 0. The van der Waals surface area contributed by atoms with Crippen LogP contribution in [0.3, 0.4) is 0 Å². The van der Waals surface area contributed by atoms with E-state index in [2.05, 4.69) is 19.9 Å². The van der Waals surface area contributed by atoms with Crippen molar-refractivity contribution in [2.75, 3.05) is 32.7 Å². The molecule has 24 heavy (non-hydrogen) atoms. The lowest BCUT2D eigenvalue weighted by Gasteiger charge is -2.33. The molecule has 0 aliphatic carbocycles. The smallest absolute Gasteiger partial charge is 0.303 e. The lowest BCUT2D eigenvalue weighted by molar-refractivity contribution is -0.137. The Kier molecular flexibility index (Phi) is 5.95. The molecule has 0 spiro atoms. The van der Waals surface area contributed by atoms with E-state index in [9.17, 15) is 4.79 Å². The number of hydrogen-bond donors (Lipinski definition) is 1. The van der Waals surface area contributed by atoms with Gasteiger partial charge in [-0.3, -0.25) is 9.69 Å². The number of nitrogens with zero attached hydrogens (tertiary/aromatic N) is 4. The maximum Gasteiger partial charge on any atom is 0.303 e. The molecule has 8 heteroatoms. The van der Waals surface area contributed by atoms with Crippen LogP contribution in [0.1, 0.15) is 25.2 Å². The average molecular weight is 350 g/mol. The molecule has 0 saturated carbocycles. The molecule has 2 aromatic heterocycles. The second kappa shape index (κ2) is 8.36. The Labute approximate surface area is 144 Å². The van der Waals surface area contributed by atoms with Gasteiger partial charge in [-0.25, -0.2) is 0 Å². The van der Waals surface area contributed by atoms with Gasteiger partial charge in [0.15, 0.2) is 0 Å². The molecule has 1 saturated heterocycles. The fourth-order valence-electron chi connectivity index (χ4n) is 2.80. The summed E-state index contributed by atoms with van der Waals surface area (Å²) in [5, 5.41) is 14.7. The quantitative estimate of drug-likeness (QED) is 0.731. The second-order valence-electron chi connectivity index (χ2n) is 5.96. The van der Waals surface area contributed by atoms with Crippen LogP contribution < -0.4 is 0 Å². The fourth-order valence-corrected chi connectivity index (χ4v) is 3.45. The number of carboxylic acid groups (broad SMARTS) is 1. The van der Waals surface area contributed by atoms with Crippen molar-refractivity contribution in [3.63, 3.8) is 0 Å². The third-order valence-electron chi connectivity index (χ3n) is 4.15. The van der Waals surface area contributed by atoms with Crippen molar-refractivity contribution in [2.24, 2.45) is 0 Å². The lowest BCUT2D eigenvalue weighted by atomic mass is 10.2. The Morgan fingerprint density at radius 3 is 2.75 bits per heavy atom. The summed E-state index contributed by atoms with van der Waals surface area (Å²) in [4.78, 5) is 20.7. The zero-order valence-electron chi connectivity index (χ0n) is 13.6. The van der Waals surface area contributed by atoms with Crippen molar-refractivity contribution >= 4 is 17.3 Å². The van der Waals surface area contributed by atoms with Crippen LogP contribution >= 0.6 is 11.3 Å². The summed E-state index contributed by atoms with van der Waals surface area (Å²) >= 11 is 1.60. The Bertz CT molecular complexity index is 636. The Balaban J connectivity index is 1.39. The van der Waals surface area contributed by atoms with E-state index in [1.165, 1.54) is 0 Å². The van der Waals surface area contributed by atoms with Crippen LogP contribution in [0.15, 0.2) is 22.0 Å². The van der Waals surface area contributed by atoms with E-state index in [0.717, 1.165) is 50.4 Å². The van der Waals surface area contributed by atoms with Crippen molar-refractivity contribution in [1.82, 2.24) is 19.9 Å². The maximum absolute atomic E-state index is 10.5. The van der Waals surface area contributed by atoms with Gasteiger partial charge in [-0.05, 0) is 30.8 Å². The van der Waals surface area contributed by atoms with Crippen molar-refractivity contribution < 1.29 is 14.4 Å². The Morgan fingerprint density at radius 2 is 2.04 bits per heavy atom. The van der Waals surface area contributed by atoms with Crippen LogP contribution in [0.25, 0.3) is 10.7 Å². The normalized spacial score (nSPS) is 16.5. The van der Waals surface area contributed by atoms with E-state index in [1.807, 2.05) is 17.5 Å². The number of carboxylic acids is 1. The number of aromatic nitrogens is 2. The minimum atomic E-state index is -0.707. The zero-order valence-corrected chi connectivity index (χ0v) is 14.4. The largest absolute Gasteiger partial charge is 0.481 e. The van der Waals surface area contributed by atoms with E-state index in [0.29, 0.717) is 18.3 Å². The lowest BCUT2D eigenvalue weighted by Crippen LogP contribution is -2.46. The van der Waals surface area contributed by atoms with Gasteiger partial charge in [0.2, 0.25) is 11.7 Å². The monoisotopic (exact) mass is 350 g/mol. The molecule has 0 amide bonds. The highest BCUT2D eigenvalue weighted by Crippen LogP contribution is 2.21. The number of aliphatic carboxylic acids is 1. The molecule has 1 N–H and O–H groups in total. The number of hydrogen-bond acceptors (Lipinski definition) is 7. The number of piperazine rings is 1. The average Bonchev–Trinajstić information content (AvgIpc) is 3.24. The number of unbranched alkanes of at least 4 members (excludes halogenated alkanes) is 1. The molecule has 1 aliphatic heterocycles. The van der Waals surface area contributed by atoms with Crippen LogP contribution in [0, 0.1) is 0 Å². The minimum Gasteiger partial charge on any atom is -0.481 e. The molecule has 1 fully saturated rings. The molecule has 130 valence electrons. The second-order valence-corrected chi connectivity index (χ2v) is 6.91. The van der Waals surface area contributed by atoms with Gasteiger partial charge in [0.1, 0.15) is 0 Å². The highest BCUT2D eigenvalue weighted by molar-refractivity contribution is 7.13. The van der Waals surface area contributed by atoms with E-state index < -0.39 is 5.97 Å². The minimum absolute atomic E-state index is 0.268. The van der Waals surface area contributed by atoms with Crippen LogP contribution in [-0.2, 0) is 11.3 Å². The summed E-state index contributed by atoms with van der Waals surface area (Å²) in [6.45, 7) is 5.60. The van der Waals surface area contributed by atoms with Crippen LogP contribution in [-0.4, -0.2) is 63.7 Å². The van der Waals surface area contributed by atoms with Gasteiger partial charge in [-0.2, -0.15) is 4.98 Å². The van der Waals surface area contributed by atoms with Gasteiger partial charge in [0.05, 0.1) is 11.4 Å². The van der Waals surface area contributed by atoms with E-state index in [-0.39, 0.29) is 6.42 Å². The SMILES string of the molecule is O=C(O)CCCCN1CCN(Cc2nc(-c3cccs3)no2)CC1. The van der Waals surface area contributed by atoms with E-state index in [1.54, 1.807) is 11.3 Å². The summed E-state index contributed by atoms with van der Waals surface area (Å²) in [5.74, 6) is 0.617. The maximum atomic E-state index is 10.5. The molecular weight excluding hydrogens is 328 g/mol. The van der Waals surface area contributed by atoms with Gasteiger partial charge in [0.25, 0.3) is 0 Å². The van der Waals surface area contributed by atoms with Crippen LogP contribution in [0.4, 0.5) is 0 Å². The molecule has 7 nitrogen and oxygen atoms in total. The number of carbonyl (C=O) groups is 1. The van der Waals surface area contributed by atoms with Crippen molar-refractivity contribution in [2.45, 2.75) is 25.8 Å². The third-order valence-corrected chi connectivity index (χ3v) is 5.01. The zero-order chi connectivity index (χ0) is 16.8. The van der Waals surface area contributed by atoms with Crippen LogP contribution in [0.2, 0.25) is 0 Å². The Morgan fingerprint density at radius 1 is 1.25 bits per heavy atom. The molecule has 3 heterocycles. The molecule has 2 aromatic rings. The molecule has 0 radical (unpaired) electrons. The summed E-state index contributed by atoms with van der Waals surface area (Å²) in [5.41, 5.74) is 0. The third kappa shape index (κ3) is 4.86. The first-order valence-corrected chi connectivity index (χ1v) is 9.11. The van der Waals surface area contributed by atoms with Crippen LogP contribution in [0.5, 0.6) is 0 Å². The topological polar surface area (TPSA) is 82.7 Å². The van der Waals surface area contributed by atoms with Gasteiger partial charge in [-0.15, -0.1) is 11.3 Å². The molecule has 0 unspecified atom stereocenters. The summed E-state index contributed by atoms with van der Waals surface area (Å²) < 4.78 is 5.35. The highest BCUT2D eigenvalue weighted by atomic mass is 32.1. The molecular formula is C16H22N4O3S. The van der Waals surface area contributed by atoms with Crippen molar-refractivity contribution in [3.05, 3.63) is 23.4 Å². The van der Waals surface area contributed by atoms with Crippen molar-refractivity contribution in [3.8, 4) is 10.7 Å². The first-order valence-electron chi connectivity index (χ1n) is 8.23. The standard InChI is InChI=1S/C16H22N4O3S/c21-15(22)5-1-2-6-19-7-9-20(10-8-19)12-14-17-16(18-23-14)13-4-3-11-24-13/h3-4,11H,1-2,5-10,12H2,(H,21,22). The van der Waals surface area contributed by atoms with Gasteiger partial charge in [0, 0.05) is 32.6 Å². The van der Waals surface area contributed by atoms with E-state index >= 15 is 0 Å². The molecule has 1 aliphatic rings. The first-order chi connectivity index (χ1) is 11.7. The predicted molar refractivity (Wildman–Crippen MR) is 90.8 cm³/mol. The van der Waals surface area contributed by atoms with Gasteiger partial charge >= 0.3 is 5.97 Å². The van der Waals surface area contributed by atoms with Gasteiger partial charge in [-0.1, -0.05) is 11.2 Å². The molecule has 0 atom stereocenters. The number of rotatable bonds is 8. The summed E-state index contributed by atoms with van der Waals surface area (Å²) in [6.07, 6.45) is 1.97. The molecule has 0 bridgehead atoms. The predicted octanol–water partition coefficient (Wildman–Crippen LogP) is 2.17. The van der Waals surface area contributed by atoms with Gasteiger partial charge < -0.3 is 14.5 Å². The first kappa shape index (κ1) is 17.1. The summed E-state index contributed by atoms with van der Waals surface area (Å²) in [6, 6.07) is 3.97. The van der Waals surface area contributed by atoms with E-state index in [4.69, 9.17) is 9.63 Å². The Hall–Kier alpha value is -1.77. The number of thiophene rings is 1. The highest BCUT2D eigenvalue weighted by Gasteiger charge is 2.19. The van der Waals surface area contributed by atoms with Crippen molar-refractivity contribution in [1.29, 1.82) is 0 Å². The molecule has 0 aromatic carbocycles. The molecule has 3 rings (SSSR count).